The van der Waals surface area contributed by atoms with Gasteiger partial charge < -0.3 is 5.32 Å². The van der Waals surface area contributed by atoms with Gasteiger partial charge in [-0.2, -0.15) is 0 Å². The number of carbonyl (C=O) groups excluding carboxylic acids is 1. The van der Waals surface area contributed by atoms with Crippen LogP contribution in [-0.2, 0) is 6.54 Å². The van der Waals surface area contributed by atoms with E-state index in [1.54, 1.807) is 0 Å². The number of urea groups is 1. The van der Waals surface area contributed by atoms with Crippen LogP contribution in [-0.4, -0.2) is 11.0 Å². The SMILES string of the molecule is Cc1ccc(C)c2sc(NC(=O)NCc3ccccc3)nc12. The quantitative estimate of drug-likeness (QED) is 0.760. The van der Waals surface area contributed by atoms with E-state index in [0.29, 0.717) is 11.7 Å². The summed E-state index contributed by atoms with van der Waals surface area (Å²) >= 11 is 1.51. The van der Waals surface area contributed by atoms with Crippen molar-refractivity contribution in [1.29, 1.82) is 0 Å². The third-order valence-corrected chi connectivity index (χ3v) is 4.56. The van der Waals surface area contributed by atoms with E-state index in [1.165, 1.54) is 16.9 Å². The molecule has 2 N–H and O–H groups in total. The molecule has 0 aliphatic heterocycles. The van der Waals surface area contributed by atoms with E-state index in [4.69, 9.17) is 0 Å². The molecular weight excluding hydrogens is 294 g/mol. The number of nitrogens with zero attached hydrogens (tertiary/aromatic N) is 1. The highest BCUT2D eigenvalue weighted by atomic mass is 32.1. The lowest BCUT2D eigenvalue weighted by atomic mass is 10.1. The first-order valence-electron chi connectivity index (χ1n) is 7.09. The molecule has 1 aromatic heterocycles. The van der Waals surface area contributed by atoms with Crippen LogP contribution in [0.5, 0.6) is 0 Å². The van der Waals surface area contributed by atoms with Crippen LogP contribution in [0, 0.1) is 13.8 Å². The summed E-state index contributed by atoms with van der Waals surface area (Å²) in [4.78, 5) is 16.5. The van der Waals surface area contributed by atoms with Crippen LogP contribution in [0.3, 0.4) is 0 Å². The molecule has 22 heavy (non-hydrogen) atoms. The van der Waals surface area contributed by atoms with Gasteiger partial charge in [-0.15, -0.1) is 0 Å². The molecule has 0 aliphatic carbocycles. The molecule has 3 rings (SSSR count). The Hall–Kier alpha value is -2.40. The van der Waals surface area contributed by atoms with Crippen LogP contribution < -0.4 is 10.6 Å². The van der Waals surface area contributed by atoms with Crippen molar-refractivity contribution >= 4 is 32.7 Å². The first kappa shape index (κ1) is 14.5. The van der Waals surface area contributed by atoms with E-state index in [0.717, 1.165) is 21.3 Å². The van der Waals surface area contributed by atoms with Crippen molar-refractivity contribution in [1.82, 2.24) is 10.3 Å². The van der Waals surface area contributed by atoms with Gasteiger partial charge >= 0.3 is 6.03 Å². The molecule has 0 spiro atoms. The number of anilines is 1. The number of benzene rings is 2. The van der Waals surface area contributed by atoms with Crippen LogP contribution >= 0.6 is 11.3 Å². The third-order valence-electron chi connectivity index (χ3n) is 3.46. The van der Waals surface area contributed by atoms with Gasteiger partial charge in [0.15, 0.2) is 5.13 Å². The molecule has 5 heteroatoms. The zero-order chi connectivity index (χ0) is 15.5. The molecule has 4 nitrogen and oxygen atoms in total. The fourth-order valence-corrected chi connectivity index (χ4v) is 3.24. The molecule has 0 radical (unpaired) electrons. The molecule has 1 heterocycles. The Labute approximate surface area is 133 Å². The Morgan fingerprint density at radius 3 is 2.55 bits per heavy atom. The maximum absolute atomic E-state index is 12.0. The minimum absolute atomic E-state index is 0.238. The highest BCUT2D eigenvalue weighted by Crippen LogP contribution is 2.30. The average Bonchev–Trinajstić information content (AvgIpc) is 2.95. The lowest BCUT2D eigenvalue weighted by Gasteiger charge is -2.05. The van der Waals surface area contributed by atoms with Gasteiger partial charge in [0.1, 0.15) is 0 Å². The van der Waals surface area contributed by atoms with Crippen molar-refractivity contribution < 1.29 is 4.79 Å². The van der Waals surface area contributed by atoms with Gasteiger partial charge in [0, 0.05) is 6.54 Å². The lowest BCUT2D eigenvalue weighted by Crippen LogP contribution is -2.28. The fourth-order valence-electron chi connectivity index (χ4n) is 2.23. The maximum atomic E-state index is 12.0. The molecule has 112 valence electrons. The molecule has 0 aliphatic rings. The number of fused-ring (bicyclic) bond motifs is 1. The van der Waals surface area contributed by atoms with Crippen LogP contribution in [0.4, 0.5) is 9.93 Å². The summed E-state index contributed by atoms with van der Waals surface area (Å²) in [5.74, 6) is 0. The summed E-state index contributed by atoms with van der Waals surface area (Å²) in [5, 5.41) is 6.27. The van der Waals surface area contributed by atoms with Gasteiger partial charge in [0.25, 0.3) is 0 Å². The van der Waals surface area contributed by atoms with E-state index in [1.807, 2.05) is 37.3 Å². The number of amides is 2. The molecule has 3 aromatic rings. The number of aryl methyl sites for hydroxylation is 2. The Bertz CT molecular complexity index is 772. The molecular formula is C17H17N3OS. The second-order valence-corrected chi connectivity index (χ2v) is 6.19. The lowest BCUT2D eigenvalue weighted by molar-refractivity contribution is 0.251. The number of hydrogen-bond acceptors (Lipinski definition) is 3. The van der Waals surface area contributed by atoms with Gasteiger partial charge in [-0.3, -0.25) is 5.32 Å². The Morgan fingerprint density at radius 2 is 1.82 bits per heavy atom. The minimum atomic E-state index is -0.238. The maximum Gasteiger partial charge on any atom is 0.321 e. The van der Waals surface area contributed by atoms with E-state index in [-0.39, 0.29) is 6.03 Å². The summed E-state index contributed by atoms with van der Waals surface area (Å²) < 4.78 is 1.12. The van der Waals surface area contributed by atoms with Gasteiger partial charge in [0.2, 0.25) is 0 Å². The Balaban J connectivity index is 1.69. The molecule has 0 atom stereocenters. The van der Waals surface area contributed by atoms with Crippen molar-refractivity contribution in [3.63, 3.8) is 0 Å². The molecule has 0 bridgehead atoms. The summed E-state index contributed by atoms with van der Waals surface area (Å²) in [6, 6.07) is 13.7. The van der Waals surface area contributed by atoms with Gasteiger partial charge in [-0.25, -0.2) is 9.78 Å². The highest BCUT2D eigenvalue weighted by Gasteiger charge is 2.10. The summed E-state index contributed by atoms with van der Waals surface area (Å²) in [6.45, 7) is 4.58. The van der Waals surface area contributed by atoms with Gasteiger partial charge in [-0.1, -0.05) is 53.8 Å². The predicted octanol–water partition coefficient (Wildman–Crippen LogP) is 4.23. The summed E-state index contributed by atoms with van der Waals surface area (Å²) in [7, 11) is 0. The second-order valence-electron chi connectivity index (χ2n) is 5.19. The average molecular weight is 311 g/mol. The smallest absolute Gasteiger partial charge is 0.321 e. The Morgan fingerprint density at radius 1 is 1.09 bits per heavy atom. The van der Waals surface area contributed by atoms with Crippen molar-refractivity contribution in [2.45, 2.75) is 20.4 Å². The molecule has 2 amide bonds. The first-order chi connectivity index (χ1) is 10.6. The zero-order valence-electron chi connectivity index (χ0n) is 12.5. The Kier molecular flexibility index (Phi) is 4.06. The van der Waals surface area contributed by atoms with Crippen molar-refractivity contribution in [2.24, 2.45) is 0 Å². The van der Waals surface area contributed by atoms with Crippen molar-refractivity contribution in [2.75, 3.05) is 5.32 Å². The summed E-state index contributed by atoms with van der Waals surface area (Å²) in [6.07, 6.45) is 0. The largest absolute Gasteiger partial charge is 0.334 e. The molecule has 0 unspecified atom stereocenters. The number of aromatic nitrogens is 1. The van der Waals surface area contributed by atoms with Crippen LogP contribution in [0.25, 0.3) is 10.2 Å². The standard InChI is InChI=1S/C17H17N3OS/c1-11-8-9-12(2)15-14(11)19-17(22-15)20-16(21)18-10-13-6-4-3-5-7-13/h3-9H,10H2,1-2H3,(H2,18,19,20,21). The van der Waals surface area contributed by atoms with Crippen LogP contribution in [0.15, 0.2) is 42.5 Å². The normalized spacial score (nSPS) is 10.6. The van der Waals surface area contributed by atoms with Crippen LogP contribution in [0.1, 0.15) is 16.7 Å². The molecule has 2 aromatic carbocycles. The fraction of sp³-hybridized carbons (Fsp3) is 0.176. The summed E-state index contributed by atoms with van der Waals surface area (Å²) in [5.41, 5.74) is 4.32. The topological polar surface area (TPSA) is 54.0 Å². The number of hydrogen-bond donors (Lipinski definition) is 2. The van der Waals surface area contributed by atoms with Crippen molar-refractivity contribution in [3.05, 3.63) is 59.2 Å². The first-order valence-corrected chi connectivity index (χ1v) is 7.90. The molecule has 0 saturated heterocycles. The molecule has 0 saturated carbocycles. The van der Waals surface area contributed by atoms with E-state index in [2.05, 4.69) is 34.7 Å². The highest BCUT2D eigenvalue weighted by molar-refractivity contribution is 7.22. The van der Waals surface area contributed by atoms with Crippen LogP contribution in [0.2, 0.25) is 0 Å². The number of carbonyl (C=O) groups is 1. The van der Waals surface area contributed by atoms with Gasteiger partial charge in [0.05, 0.1) is 10.2 Å². The number of nitrogens with one attached hydrogen (secondary N) is 2. The van der Waals surface area contributed by atoms with E-state index >= 15 is 0 Å². The molecule has 0 fully saturated rings. The monoisotopic (exact) mass is 311 g/mol. The second kappa shape index (κ2) is 6.15. The zero-order valence-corrected chi connectivity index (χ0v) is 13.3. The van der Waals surface area contributed by atoms with E-state index in [9.17, 15) is 4.79 Å². The van der Waals surface area contributed by atoms with Gasteiger partial charge in [-0.05, 0) is 30.5 Å². The number of rotatable bonds is 3. The third kappa shape index (κ3) is 3.09. The number of thiazole rings is 1. The predicted molar refractivity (Wildman–Crippen MR) is 91.4 cm³/mol. The van der Waals surface area contributed by atoms with Crippen molar-refractivity contribution in [3.8, 4) is 0 Å². The van der Waals surface area contributed by atoms with E-state index < -0.39 is 0 Å². The minimum Gasteiger partial charge on any atom is -0.334 e.